The van der Waals surface area contributed by atoms with E-state index in [1.165, 1.54) is 7.11 Å². The minimum atomic E-state index is -0.819. The van der Waals surface area contributed by atoms with E-state index in [1.807, 2.05) is 0 Å². The summed E-state index contributed by atoms with van der Waals surface area (Å²) in [6.45, 7) is -0.595. The van der Waals surface area contributed by atoms with Gasteiger partial charge in [0.25, 0.3) is 11.8 Å². The van der Waals surface area contributed by atoms with Crippen LogP contribution >= 0.6 is 22.9 Å². The molecule has 32 heavy (non-hydrogen) atoms. The molecule has 0 spiro atoms. The molecular formula is C20H18ClN3O7S. The lowest BCUT2D eigenvalue weighted by molar-refractivity contribution is -0.147. The summed E-state index contributed by atoms with van der Waals surface area (Å²) in [4.78, 5) is 59.0. The lowest BCUT2D eigenvalue weighted by Gasteiger charge is -2.10. The van der Waals surface area contributed by atoms with Crippen LogP contribution in [0.3, 0.4) is 0 Å². The van der Waals surface area contributed by atoms with E-state index >= 15 is 0 Å². The van der Waals surface area contributed by atoms with Gasteiger partial charge in [-0.25, -0.2) is 9.59 Å². The minimum absolute atomic E-state index is 0.0383. The Hall–Kier alpha value is -3.44. The van der Waals surface area contributed by atoms with Crippen LogP contribution in [-0.4, -0.2) is 49.5 Å². The number of imide groups is 1. The Labute approximate surface area is 191 Å². The molecule has 12 heteroatoms. The monoisotopic (exact) mass is 479 g/mol. The van der Waals surface area contributed by atoms with Crippen LogP contribution in [-0.2, 0) is 23.9 Å². The lowest BCUT2D eigenvalue weighted by atomic mass is 10.0. The van der Waals surface area contributed by atoms with Crippen LogP contribution in [0.25, 0.3) is 11.1 Å². The largest absolute Gasteiger partial charge is 0.465 e. The zero-order valence-corrected chi connectivity index (χ0v) is 18.3. The van der Waals surface area contributed by atoms with Crippen molar-refractivity contribution in [3.63, 3.8) is 0 Å². The Morgan fingerprint density at radius 2 is 1.94 bits per heavy atom. The third-order valence-corrected chi connectivity index (χ3v) is 5.68. The molecule has 10 nitrogen and oxygen atoms in total. The fourth-order valence-corrected chi connectivity index (χ4v) is 4.14. The Kier molecular flexibility index (Phi) is 7.44. The molecular weight excluding hydrogens is 462 g/mol. The van der Waals surface area contributed by atoms with Gasteiger partial charge in [0, 0.05) is 28.0 Å². The minimum Gasteiger partial charge on any atom is -0.465 e. The molecule has 2 heterocycles. The molecule has 1 aromatic carbocycles. The number of esters is 2. The maximum absolute atomic E-state index is 12.4. The van der Waals surface area contributed by atoms with E-state index in [-0.39, 0.29) is 23.4 Å². The van der Waals surface area contributed by atoms with Gasteiger partial charge in [0.1, 0.15) is 16.6 Å². The molecule has 0 radical (unpaired) electrons. The molecule has 0 aliphatic carbocycles. The molecule has 0 bridgehead atoms. The summed E-state index contributed by atoms with van der Waals surface area (Å²) in [5, 5.41) is 9.26. The van der Waals surface area contributed by atoms with Gasteiger partial charge < -0.3 is 20.1 Å². The zero-order chi connectivity index (χ0) is 23.3. The normalized spacial score (nSPS) is 15.0. The van der Waals surface area contributed by atoms with Crippen molar-refractivity contribution in [3.8, 4) is 11.1 Å². The SMILES string of the molecule is COC(=O)c1c(-c2ccccc2Cl)csc1NC(=O)COC(=O)CC[C@@H]1NC(=O)NC1=O. The second-order valence-corrected chi connectivity index (χ2v) is 7.87. The third-order valence-electron chi connectivity index (χ3n) is 4.46. The van der Waals surface area contributed by atoms with Gasteiger partial charge in [0.2, 0.25) is 0 Å². The van der Waals surface area contributed by atoms with E-state index in [9.17, 15) is 24.0 Å². The molecule has 168 valence electrons. The number of hydrogen-bond donors (Lipinski definition) is 3. The number of benzene rings is 1. The van der Waals surface area contributed by atoms with Crippen molar-refractivity contribution in [2.24, 2.45) is 0 Å². The quantitative estimate of drug-likeness (QED) is 0.390. The van der Waals surface area contributed by atoms with Crippen LogP contribution in [0.15, 0.2) is 29.6 Å². The van der Waals surface area contributed by atoms with E-state index < -0.39 is 42.4 Å². The van der Waals surface area contributed by atoms with Crippen LogP contribution in [0.5, 0.6) is 0 Å². The van der Waals surface area contributed by atoms with Gasteiger partial charge in [-0.05, 0) is 12.5 Å². The summed E-state index contributed by atoms with van der Waals surface area (Å²) in [7, 11) is 1.22. The average Bonchev–Trinajstić information content (AvgIpc) is 3.32. The summed E-state index contributed by atoms with van der Waals surface area (Å²) >= 11 is 7.33. The van der Waals surface area contributed by atoms with E-state index in [0.29, 0.717) is 16.1 Å². The average molecular weight is 480 g/mol. The van der Waals surface area contributed by atoms with E-state index in [2.05, 4.69) is 16.0 Å². The molecule has 4 amide bonds. The van der Waals surface area contributed by atoms with Crippen molar-refractivity contribution in [2.75, 3.05) is 19.0 Å². The van der Waals surface area contributed by atoms with Crippen LogP contribution < -0.4 is 16.0 Å². The molecule has 2 aromatic rings. The maximum atomic E-state index is 12.4. The first-order valence-corrected chi connectivity index (χ1v) is 10.6. The summed E-state index contributed by atoms with van der Waals surface area (Å²) < 4.78 is 9.75. The number of hydrogen-bond acceptors (Lipinski definition) is 8. The predicted molar refractivity (Wildman–Crippen MR) is 115 cm³/mol. The van der Waals surface area contributed by atoms with Crippen LogP contribution in [0, 0.1) is 0 Å². The maximum Gasteiger partial charge on any atom is 0.341 e. The topological polar surface area (TPSA) is 140 Å². The first kappa shape index (κ1) is 23.2. The van der Waals surface area contributed by atoms with Gasteiger partial charge >= 0.3 is 18.0 Å². The highest BCUT2D eigenvalue weighted by Gasteiger charge is 2.30. The summed E-state index contributed by atoms with van der Waals surface area (Å²) in [6.07, 6.45) is -0.134. The number of rotatable bonds is 8. The molecule has 1 atom stereocenters. The van der Waals surface area contributed by atoms with Crippen LogP contribution in [0.2, 0.25) is 5.02 Å². The Morgan fingerprint density at radius 1 is 1.19 bits per heavy atom. The highest BCUT2D eigenvalue weighted by Crippen LogP contribution is 2.39. The highest BCUT2D eigenvalue weighted by molar-refractivity contribution is 7.15. The van der Waals surface area contributed by atoms with Crippen molar-refractivity contribution in [1.82, 2.24) is 10.6 Å². The number of ether oxygens (including phenoxy) is 2. The number of thiophene rings is 1. The smallest absolute Gasteiger partial charge is 0.341 e. The number of urea groups is 1. The van der Waals surface area contributed by atoms with E-state index in [1.54, 1.807) is 29.6 Å². The first-order valence-electron chi connectivity index (χ1n) is 9.31. The first-order chi connectivity index (χ1) is 15.3. The van der Waals surface area contributed by atoms with Crippen molar-refractivity contribution >= 4 is 57.7 Å². The number of carbonyl (C=O) groups is 5. The van der Waals surface area contributed by atoms with Gasteiger partial charge in [-0.2, -0.15) is 0 Å². The van der Waals surface area contributed by atoms with Crippen LogP contribution in [0.4, 0.5) is 9.80 Å². The fourth-order valence-electron chi connectivity index (χ4n) is 2.94. The molecule has 0 unspecified atom stereocenters. The second kappa shape index (κ2) is 10.2. The number of anilines is 1. The highest BCUT2D eigenvalue weighted by atomic mass is 35.5. The van der Waals surface area contributed by atoms with Gasteiger partial charge in [-0.1, -0.05) is 29.8 Å². The standard InChI is InChI=1S/C20H18ClN3O7S/c1-30-19(28)16-11(10-4-2-3-5-12(10)21)9-32-18(16)23-14(25)8-31-15(26)7-6-13-17(27)24-20(29)22-13/h2-5,9,13H,6-8H2,1H3,(H,23,25)(H2,22,24,27,29)/t13-/m0/s1. The number of amides is 4. The van der Waals surface area contributed by atoms with E-state index in [4.69, 9.17) is 21.1 Å². The fraction of sp³-hybridized carbons (Fsp3) is 0.250. The predicted octanol–water partition coefficient (Wildman–Crippen LogP) is 2.32. The van der Waals surface area contributed by atoms with Crippen molar-refractivity contribution < 1.29 is 33.4 Å². The van der Waals surface area contributed by atoms with Gasteiger partial charge in [0.15, 0.2) is 6.61 Å². The van der Waals surface area contributed by atoms with Gasteiger partial charge in [0.05, 0.1) is 7.11 Å². The summed E-state index contributed by atoms with van der Waals surface area (Å²) in [5.41, 5.74) is 1.23. The molecule has 3 N–H and O–H groups in total. The number of carbonyl (C=O) groups excluding carboxylic acids is 5. The Morgan fingerprint density at radius 3 is 2.59 bits per heavy atom. The molecule has 3 rings (SSSR count). The molecule has 1 saturated heterocycles. The van der Waals surface area contributed by atoms with E-state index in [0.717, 1.165) is 11.3 Å². The molecule has 1 fully saturated rings. The molecule has 1 aromatic heterocycles. The number of halogens is 1. The Balaban J connectivity index is 1.60. The molecule has 0 saturated carbocycles. The van der Waals surface area contributed by atoms with Gasteiger partial charge in [-0.15, -0.1) is 11.3 Å². The van der Waals surface area contributed by atoms with Crippen LogP contribution in [0.1, 0.15) is 23.2 Å². The summed E-state index contributed by atoms with van der Waals surface area (Å²) in [6, 6.07) is 5.48. The lowest BCUT2D eigenvalue weighted by Crippen LogP contribution is -2.30. The third kappa shape index (κ3) is 5.42. The number of nitrogens with one attached hydrogen (secondary N) is 3. The van der Waals surface area contributed by atoms with Crippen molar-refractivity contribution in [2.45, 2.75) is 18.9 Å². The summed E-state index contributed by atoms with van der Waals surface area (Å²) in [5.74, 6) is -2.57. The Bertz CT molecular complexity index is 1080. The van der Waals surface area contributed by atoms with Crippen molar-refractivity contribution in [3.05, 3.63) is 40.2 Å². The zero-order valence-electron chi connectivity index (χ0n) is 16.7. The molecule has 1 aliphatic heterocycles. The van der Waals surface area contributed by atoms with Gasteiger partial charge in [-0.3, -0.25) is 19.7 Å². The number of methoxy groups -OCH3 is 1. The second-order valence-electron chi connectivity index (χ2n) is 6.59. The molecule has 1 aliphatic rings. The van der Waals surface area contributed by atoms with Crippen molar-refractivity contribution in [1.29, 1.82) is 0 Å².